The summed E-state index contributed by atoms with van der Waals surface area (Å²) >= 11 is 0. The van der Waals surface area contributed by atoms with E-state index in [1.165, 1.54) is 0 Å². The van der Waals surface area contributed by atoms with Crippen molar-refractivity contribution in [3.63, 3.8) is 0 Å². The summed E-state index contributed by atoms with van der Waals surface area (Å²) in [7, 11) is 0. The quantitative estimate of drug-likeness (QED) is 0.466. The number of aliphatic hydroxyl groups is 1. The van der Waals surface area contributed by atoms with E-state index in [9.17, 15) is 8.78 Å². The van der Waals surface area contributed by atoms with Gasteiger partial charge in [-0.3, -0.25) is 0 Å². The van der Waals surface area contributed by atoms with Gasteiger partial charge in [-0.1, -0.05) is 0 Å². The number of ether oxygens (including phenoxy) is 1. The maximum Gasteiger partial charge on any atom is 0.247 e. The Morgan fingerprint density at radius 2 is 2.11 bits per heavy atom. The van der Waals surface area contributed by atoms with Gasteiger partial charge in [0.15, 0.2) is 0 Å². The summed E-state index contributed by atoms with van der Waals surface area (Å²) < 4.78 is 28.1. The molecule has 0 aromatic rings. The molecule has 0 bridgehead atoms. The summed E-state index contributed by atoms with van der Waals surface area (Å²) in [6.07, 6.45) is -0.340. The molecule has 0 radical (unpaired) electrons. The van der Waals surface area contributed by atoms with Crippen molar-refractivity contribution >= 4 is 0 Å². The minimum atomic E-state index is -2.69. The number of rotatable bonds is 4. The highest BCUT2D eigenvalue weighted by atomic mass is 19.3. The maximum atomic E-state index is 11.9. The molecule has 0 aliphatic rings. The molecular weight excluding hydrogens is 130 g/mol. The first-order valence-corrected chi connectivity index (χ1v) is 2.63. The topological polar surface area (TPSA) is 29.5 Å². The fourth-order valence-corrected chi connectivity index (χ4v) is 0.316. The molecule has 4 heteroatoms. The average Bonchev–Trinajstić information content (AvgIpc) is 1.63. The Labute approximate surface area is 52.4 Å². The molecule has 0 rings (SSSR count). The van der Waals surface area contributed by atoms with Crippen molar-refractivity contribution in [2.24, 2.45) is 0 Å². The standard InChI is InChI=1S/C5H10F2O2/c1-5(6,7)2-3-9-4-8/h8H,2-4H2,1H3. The number of alkyl halides is 2. The summed E-state index contributed by atoms with van der Waals surface area (Å²) in [5, 5.41) is 8.00. The molecule has 0 saturated carbocycles. The molecule has 0 heterocycles. The largest absolute Gasteiger partial charge is 0.371 e. The van der Waals surface area contributed by atoms with Gasteiger partial charge in [0.2, 0.25) is 5.92 Å². The Kier molecular flexibility index (Phi) is 3.65. The molecule has 0 aliphatic heterocycles. The first-order chi connectivity index (χ1) is 4.06. The number of halogens is 2. The number of hydrogen-bond donors (Lipinski definition) is 1. The van der Waals surface area contributed by atoms with E-state index in [-0.39, 0.29) is 13.0 Å². The van der Waals surface area contributed by atoms with Crippen molar-refractivity contribution in [3.8, 4) is 0 Å². The van der Waals surface area contributed by atoms with E-state index < -0.39 is 12.7 Å². The van der Waals surface area contributed by atoms with Crippen LogP contribution < -0.4 is 0 Å². The second-order valence-corrected chi connectivity index (χ2v) is 1.86. The summed E-state index contributed by atoms with van der Waals surface area (Å²) in [5.74, 6) is -2.69. The van der Waals surface area contributed by atoms with Crippen LogP contribution in [0, 0.1) is 0 Å². The van der Waals surface area contributed by atoms with Gasteiger partial charge in [0, 0.05) is 6.42 Å². The van der Waals surface area contributed by atoms with Gasteiger partial charge in [-0.2, -0.15) is 0 Å². The highest BCUT2D eigenvalue weighted by Crippen LogP contribution is 2.15. The Balaban J connectivity index is 3.07. The molecule has 0 unspecified atom stereocenters. The van der Waals surface area contributed by atoms with Gasteiger partial charge in [0.25, 0.3) is 0 Å². The van der Waals surface area contributed by atoms with Crippen LogP contribution in [0.3, 0.4) is 0 Å². The molecule has 0 saturated heterocycles. The smallest absolute Gasteiger partial charge is 0.247 e. The molecule has 9 heavy (non-hydrogen) atoms. The third-order valence-corrected chi connectivity index (χ3v) is 0.777. The zero-order valence-corrected chi connectivity index (χ0v) is 5.23. The first-order valence-electron chi connectivity index (χ1n) is 2.63. The molecule has 2 nitrogen and oxygen atoms in total. The van der Waals surface area contributed by atoms with Gasteiger partial charge in [0.1, 0.15) is 6.79 Å². The van der Waals surface area contributed by atoms with Crippen molar-refractivity contribution < 1.29 is 18.6 Å². The normalized spacial score (nSPS) is 12.0. The number of aliphatic hydroxyl groups excluding tert-OH is 1. The van der Waals surface area contributed by atoms with Crippen molar-refractivity contribution in [2.45, 2.75) is 19.3 Å². The molecule has 0 amide bonds. The molecule has 0 spiro atoms. The van der Waals surface area contributed by atoms with Crippen LogP contribution in [-0.4, -0.2) is 24.4 Å². The SMILES string of the molecule is CC(F)(F)CCOCO. The van der Waals surface area contributed by atoms with Crippen LogP contribution in [0.15, 0.2) is 0 Å². The highest BCUT2D eigenvalue weighted by molar-refractivity contribution is 4.55. The molecule has 0 aromatic carbocycles. The van der Waals surface area contributed by atoms with Gasteiger partial charge in [-0.15, -0.1) is 0 Å². The molecule has 0 aliphatic carbocycles. The minimum absolute atomic E-state index is 0.0972. The monoisotopic (exact) mass is 140 g/mol. The lowest BCUT2D eigenvalue weighted by atomic mass is 10.3. The van der Waals surface area contributed by atoms with Crippen LogP contribution in [0.5, 0.6) is 0 Å². The van der Waals surface area contributed by atoms with Crippen molar-refractivity contribution in [1.82, 2.24) is 0 Å². The lowest BCUT2D eigenvalue weighted by Crippen LogP contribution is -2.13. The van der Waals surface area contributed by atoms with E-state index in [1.807, 2.05) is 0 Å². The lowest BCUT2D eigenvalue weighted by Gasteiger charge is -2.07. The molecule has 0 atom stereocenters. The summed E-state index contributed by atoms with van der Waals surface area (Å²) in [4.78, 5) is 0. The minimum Gasteiger partial charge on any atom is -0.371 e. The predicted molar refractivity (Wildman–Crippen MR) is 28.3 cm³/mol. The average molecular weight is 140 g/mol. The molecule has 56 valence electrons. The third-order valence-electron chi connectivity index (χ3n) is 0.777. The van der Waals surface area contributed by atoms with E-state index in [4.69, 9.17) is 5.11 Å². The number of hydrogen-bond acceptors (Lipinski definition) is 2. The van der Waals surface area contributed by atoms with Crippen LogP contribution in [0.1, 0.15) is 13.3 Å². The Morgan fingerprint density at radius 1 is 1.56 bits per heavy atom. The highest BCUT2D eigenvalue weighted by Gasteiger charge is 2.19. The second kappa shape index (κ2) is 3.74. The Bertz CT molecular complexity index is 69.8. The van der Waals surface area contributed by atoms with Crippen molar-refractivity contribution in [3.05, 3.63) is 0 Å². The van der Waals surface area contributed by atoms with Gasteiger partial charge in [-0.25, -0.2) is 8.78 Å². The lowest BCUT2D eigenvalue weighted by molar-refractivity contribution is -0.0509. The Morgan fingerprint density at radius 3 is 2.44 bits per heavy atom. The summed E-state index contributed by atoms with van der Waals surface area (Å²) in [6.45, 7) is 0.226. The van der Waals surface area contributed by atoms with Crippen molar-refractivity contribution in [1.29, 1.82) is 0 Å². The molecule has 0 fully saturated rings. The molecule has 1 N–H and O–H groups in total. The van der Waals surface area contributed by atoms with Crippen LogP contribution in [0.2, 0.25) is 0 Å². The summed E-state index contributed by atoms with van der Waals surface area (Å²) in [6, 6.07) is 0. The van der Waals surface area contributed by atoms with Crippen molar-refractivity contribution in [2.75, 3.05) is 13.4 Å². The first kappa shape index (κ1) is 8.78. The van der Waals surface area contributed by atoms with Gasteiger partial charge in [-0.05, 0) is 6.92 Å². The maximum absolute atomic E-state index is 11.9. The van der Waals surface area contributed by atoms with Gasteiger partial charge in [0.05, 0.1) is 6.61 Å². The second-order valence-electron chi connectivity index (χ2n) is 1.86. The summed E-state index contributed by atoms with van der Waals surface area (Å²) in [5.41, 5.74) is 0. The van der Waals surface area contributed by atoms with E-state index >= 15 is 0 Å². The van der Waals surface area contributed by atoms with E-state index in [1.54, 1.807) is 0 Å². The predicted octanol–water partition coefficient (Wildman–Crippen LogP) is 0.998. The van der Waals surface area contributed by atoms with Crippen LogP contribution in [0.4, 0.5) is 8.78 Å². The molecular formula is C5H10F2O2. The van der Waals surface area contributed by atoms with Crippen LogP contribution in [-0.2, 0) is 4.74 Å². The van der Waals surface area contributed by atoms with E-state index in [0.29, 0.717) is 0 Å². The van der Waals surface area contributed by atoms with Gasteiger partial charge < -0.3 is 9.84 Å². The van der Waals surface area contributed by atoms with Gasteiger partial charge >= 0.3 is 0 Å². The zero-order valence-electron chi connectivity index (χ0n) is 5.23. The zero-order chi connectivity index (χ0) is 7.33. The Hall–Kier alpha value is -0.220. The van der Waals surface area contributed by atoms with Crippen LogP contribution >= 0.6 is 0 Å². The van der Waals surface area contributed by atoms with E-state index in [0.717, 1.165) is 6.92 Å². The fraction of sp³-hybridized carbons (Fsp3) is 1.00. The molecule has 0 aromatic heterocycles. The van der Waals surface area contributed by atoms with Crippen LogP contribution in [0.25, 0.3) is 0 Å². The fourth-order valence-electron chi connectivity index (χ4n) is 0.316. The van der Waals surface area contributed by atoms with E-state index in [2.05, 4.69) is 4.74 Å². The third kappa shape index (κ3) is 7.78.